The van der Waals surface area contributed by atoms with Gasteiger partial charge in [-0.05, 0) is 6.42 Å². The van der Waals surface area contributed by atoms with Gasteiger partial charge in [0.15, 0.2) is 23.3 Å². The first-order chi connectivity index (χ1) is 8.86. The maximum absolute atomic E-state index is 13.2. The summed E-state index contributed by atoms with van der Waals surface area (Å²) in [6, 6.07) is 0. The lowest BCUT2D eigenvalue weighted by Crippen LogP contribution is -2.20. The van der Waals surface area contributed by atoms with Gasteiger partial charge >= 0.3 is 0 Å². The minimum Gasteiger partial charge on any atom is -0.356 e. The third kappa shape index (κ3) is 3.52. The number of hydrogen-bond donors (Lipinski definition) is 1. The van der Waals surface area contributed by atoms with Crippen molar-refractivity contribution >= 4 is 12.0 Å². The van der Waals surface area contributed by atoms with Crippen LogP contribution in [0.2, 0.25) is 0 Å². The van der Waals surface area contributed by atoms with Crippen LogP contribution in [0, 0.1) is 29.1 Å². The molecule has 0 aliphatic carbocycles. The van der Waals surface area contributed by atoms with Crippen LogP contribution in [0.4, 0.5) is 22.0 Å². The van der Waals surface area contributed by atoms with Gasteiger partial charge in [0.05, 0.1) is 5.56 Å². The monoisotopic (exact) mass is 279 g/mol. The van der Waals surface area contributed by atoms with Gasteiger partial charge in [0.2, 0.25) is 11.7 Å². The molecule has 0 aromatic heterocycles. The molecule has 0 unspecified atom stereocenters. The van der Waals surface area contributed by atoms with Crippen LogP contribution in [0.5, 0.6) is 0 Å². The molecule has 1 N–H and O–H groups in total. The minimum atomic E-state index is -2.19. The molecular weight excluding hydrogens is 269 g/mol. The Bertz CT molecular complexity index is 498. The number of benzene rings is 1. The first kappa shape index (κ1) is 15.1. The van der Waals surface area contributed by atoms with E-state index >= 15 is 0 Å². The Kier molecular flexibility index (Phi) is 5.02. The van der Waals surface area contributed by atoms with E-state index in [9.17, 15) is 26.7 Å². The van der Waals surface area contributed by atoms with Crippen molar-refractivity contribution in [3.05, 3.63) is 40.7 Å². The average molecular weight is 279 g/mol. The molecule has 0 radical (unpaired) electrons. The zero-order valence-corrected chi connectivity index (χ0v) is 9.87. The highest BCUT2D eigenvalue weighted by Gasteiger charge is 2.23. The Morgan fingerprint density at radius 2 is 1.47 bits per heavy atom. The van der Waals surface area contributed by atoms with Crippen molar-refractivity contribution in [1.82, 2.24) is 5.32 Å². The fourth-order valence-corrected chi connectivity index (χ4v) is 1.30. The summed E-state index contributed by atoms with van der Waals surface area (Å²) in [4.78, 5) is 10.5. The van der Waals surface area contributed by atoms with E-state index in [1.165, 1.54) is 13.0 Å². The van der Waals surface area contributed by atoms with Crippen LogP contribution >= 0.6 is 0 Å². The molecule has 1 rings (SSSR count). The normalized spacial score (nSPS) is 11.1. The molecule has 0 aliphatic heterocycles. The molecule has 1 aromatic rings. The van der Waals surface area contributed by atoms with Gasteiger partial charge in [-0.2, -0.15) is 0 Å². The first-order valence-corrected chi connectivity index (χ1v) is 5.28. The van der Waals surface area contributed by atoms with Crippen LogP contribution in [-0.2, 0) is 4.79 Å². The van der Waals surface area contributed by atoms with Crippen molar-refractivity contribution in [2.45, 2.75) is 13.3 Å². The highest BCUT2D eigenvalue weighted by molar-refractivity contribution is 5.72. The zero-order valence-electron chi connectivity index (χ0n) is 9.87. The molecule has 1 aromatic carbocycles. The Balaban J connectivity index is 2.90. The lowest BCUT2D eigenvalue weighted by Gasteiger charge is -2.04. The number of amides is 1. The Morgan fingerprint density at radius 1 is 1.00 bits per heavy atom. The molecule has 0 fully saturated rings. The SMILES string of the molecule is CC(=O)NCCC=Cc1c(F)c(F)c(F)c(F)c1F. The van der Waals surface area contributed by atoms with Crippen LogP contribution in [0.25, 0.3) is 6.08 Å². The standard InChI is InChI=1S/C12H10F5NO/c1-6(19)18-5-3-2-4-7-8(13)10(15)12(17)11(16)9(7)14/h2,4H,3,5H2,1H3,(H,18,19). The van der Waals surface area contributed by atoms with Crippen molar-refractivity contribution in [2.75, 3.05) is 6.54 Å². The molecule has 0 saturated carbocycles. The van der Waals surface area contributed by atoms with E-state index in [1.807, 2.05) is 0 Å². The van der Waals surface area contributed by atoms with E-state index in [0.29, 0.717) is 0 Å². The van der Waals surface area contributed by atoms with Crippen molar-refractivity contribution in [3.63, 3.8) is 0 Å². The molecule has 0 aliphatic rings. The predicted molar refractivity (Wildman–Crippen MR) is 58.6 cm³/mol. The summed E-state index contributed by atoms with van der Waals surface area (Å²) in [5.74, 6) is -10.2. The van der Waals surface area contributed by atoms with E-state index in [0.717, 1.165) is 6.08 Å². The molecule has 0 heterocycles. The summed E-state index contributed by atoms with van der Waals surface area (Å²) in [5.41, 5.74) is -1.00. The predicted octanol–water partition coefficient (Wildman–Crippen LogP) is 2.92. The number of rotatable bonds is 4. The molecule has 0 saturated heterocycles. The quantitative estimate of drug-likeness (QED) is 0.390. The highest BCUT2D eigenvalue weighted by Crippen LogP contribution is 2.23. The number of hydrogen-bond acceptors (Lipinski definition) is 1. The minimum absolute atomic E-state index is 0.194. The molecule has 0 bridgehead atoms. The van der Waals surface area contributed by atoms with Gasteiger partial charge in [0.25, 0.3) is 0 Å². The number of carbonyl (C=O) groups excluding carboxylic acids is 1. The molecule has 19 heavy (non-hydrogen) atoms. The topological polar surface area (TPSA) is 29.1 Å². The van der Waals surface area contributed by atoms with Crippen LogP contribution < -0.4 is 5.32 Å². The maximum Gasteiger partial charge on any atom is 0.216 e. The second kappa shape index (κ2) is 6.31. The van der Waals surface area contributed by atoms with Crippen molar-refractivity contribution in [2.24, 2.45) is 0 Å². The van der Waals surface area contributed by atoms with Gasteiger partial charge in [-0.25, -0.2) is 22.0 Å². The molecule has 0 spiro atoms. The molecule has 1 amide bonds. The van der Waals surface area contributed by atoms with Gasteiger partial charge in [-0.3, -0.25) is 4.79 Å². The lowest BCUT2D eigenvalue weighted by atomic mass is 10.1. The second-order valence-corrected chi connectivity index (χ2v) is 3.66. The lowest BCUT2D eigenvalue weighted by molar-refractivity contribution is -0.118. The Labute approximate surface area is 105 Å². The summed E-state index contributed by atoms with van der Waals surface area (Å²) in [5, 5.41) is 2.41. The van der Waals surface area contributed by atoms with Crippen molar-refractivity contribution < 1.29 is 26.7 Å². The molecular formula is C12H10F5NO. The second-order valence-electron chi connectivity index (χ2n) is 3.66. The van der Waals surface area contributed by atoms with Crippen LogP contribution in [0.1, 0.15) is 18.9 Å². The van der Waals surface area contributed by atoms with Gasteiger partial charge < -0.3 is 5.32 Å². The summed E-state index contributed by atoms with van der Waals surface area (Å²) in [7, 11) is 0. The zero-order chi connectivity index (χ0) is 14.6. The van der Waals surface area contributed by atoms with Crippen LogP contribution in [-0.4, -0.2) is 12.5 Å². The van der Waals surface area contributed by atoms with E-state index in [2.05, 4.69) is 5.32 Å². The van der Waals surface area contributed by atoms with E-state index in [1.54, 1.807) is 0 Å². The van der Waals surface area contributed by atoms with E-state index in [4.69, 9.17) is 0 Å². The summed E-state index contributed by atoms with van der Waals surface area (Å²) in [6.45, 7) is 1.48. The van der Waals surface area contributed by atoms with Crippen molar-refractivity contribution in [3.8, 4) is 0 Å². The fourth-order valence-electron chi connectivity index (χ4n) is 1.30. The smallest absolute Gasteiger partial charge is 0.216 e. The molecule has 0 atom stereocenters. The summed E-state index contributed by atoms with van der Waals surface area (Å²) in [6.07, 6.45) is 2.19. The van der Waals surface area contributed by atoms with E-state index in [-0.39, 0.29) is 18.9 Å². The summed E-state index contributed by atoms with van der Waals surface area (Å²) < 4.78 is 64.8. The van der Waals surface area contributed by atoms with Crippen LogP contribution in [0.3, 0.4) is 0 Å². The first-order valence-electron chi connectivity index (χ1n) is 5.28. The van der Waals surface area contributed by atoms with Gasteiger partial charge in [0, 0.05) is 13.5 Å². The van der Waals surface area contributed by atoms with Crippen LogP contribution in [0.15, 0.2) is 6.08 Å². The average Bonchev–Trinajstić information content (AvgIpc) is 2.37. The largest absolute Gasteiger partial charge is 0.356 e. The van der Waals surface area contributed by atoms with Gasteiger partial charge in [-0.1, -0.05) is 12.2 Å². The van der Waals surface area contributed by atoms with Gasteiger partial charge in [0.1, 0.15) is 0 Å². The molecule has 2 nitrogen and oxygen atoms in total. The third-order valence-electron chi connectivity index (χ3n) is 2.21. The molecule has 104 valence electrons. The Morgan fingerprint density at radius 3 is 1.95 bits per heavy atom. The number of halogens is 5. The van der Waals surface area contributed by atoms with E-state index < -0.39 is 34.6 Å². The highest BCUT2D eigenvalue weighted by atomic mass is 19.2. The third-order valence-corrected chi connectivity index (χ3v) is 2.21. The molecule has 7 heteroatoms. The van der Waals surface area contributed by atoms with Crippen molar-refractivity contribution in [1.29, 1.82) is 0 Å². The number of carbonyl (C=O) groups is 1. The van der Waals surface area contributed by atoms with Gasteiger partial charge in [-0.15, -0.1) is 0 Å². The summed E-state index contributed by atoms with van der Waals surface area (Å²) >= 11 is 0. The maximum atomic E-state index is 13.2. The Hall–Kier alpha value is -1.92. The fraction of sp³-hybridized carbons (Fsp3) is 0.250. The number of nitrogens with one attached hydrogen (secondary N) is 1.